The first kappa shape index (κ1) is 12.9. The Kier molecular flexibility index (Phi) is 4.23. The Balaban J connectivity index is 1.97. The molecule has 2 N–H and O–H groups in total. The van der Waals surface area contributed by atoms with Crippen molar-refractivity contribution in [3.05, 3.63) is 46.7 Å². The van der Waals surface area contributed by atoms with Crippen LogP contribution in [0.4, 0.5) is 5.69 Å². The molecular formula is C13H16ClN3O. The molecule has 0 saturated carbocycles. The van der Waals surface area contributed by atoms with Crippen LogP contribution in [-0.4, -0.2) is 21.5 Å². The van der Waals surface area contributed by atoms with E-state index in [1.165, 1.54) is 0 Å². The molecule has 4 nitrogen and oxygen atoms in total. The zero-order valence-electron chi connectivity index (χ0n) is 10.2. The van der Waals surface area contributed by atoms with Crippen molar-refractivity contribution in [1.82, 2.24) is 9.78 Å². The molecule has 0 radical (unpaired) electrons. The summed E-state index contributed by atoms with van der Waals surface area (Å²) in [6.45, 7) is 3.28. The molecule has 1 heterocycles. The van der Waals surface area contributed by atoms with Gasteiger partial charge in [-0.25, -0.2) is 0 Å². The van der Waals surface area contributed by atoms with Crippen molar-refractivity contribution >= 4 is 17.3 Å². The average molecular weight is 266 g/mol. The van der Waals surface area contributed by atoms with Crippen LogP contribution in [0.25, 0.3) is 0 Å². The highest BCUT2D eigenvalue weighted by Gasteiger charge is 2.02. The molecule has 0 unspecified atom stereocenters. The fraction of sp³-hybridized carbons (Fsp3) is 0.308. The van der Waals surface area contributed by atoms with E-state index in [0.717, 1.165) is 21.8 Å². The molecule has 2 rings (SSSR count). The van der Waals surface area contributed by atoms with Gasteiger partial charge in [-0.2, -0.15) is 5.10 Å². The van der Waals surface area contributed by atoms with Crippen molar-refractivity contribution in [2.75, 3.05) is 11.9 Å². The number of hydrogen-bond acceptors (Lipinski definition) is 3. The predicted octanol–water partition coefficient (Wildman–Crippen LogP) is 2.45. The highest BCUT2D eigenvalue weighted by atomic mass is 35.5. The van der Waals surface area contributed by atoms with Crippen LogP contribution in [0, 0.1) is 6.92 Å². The summed E-state index contributed by atoms with van der Waals surface area (Å²) in [6.07, 6.45) is 3.69. The summed E-state index contributed by atoms with van der Waals surface area (Å²) in [5.74, 6) is 0. The minimum atomic E-state index is 0.0956. The lowest BCUT2D eigenvalue weighted by Crippen LogP contribution is -2.02. The molecule has 1 aromatic heterocycles. The largest absolute Gasteiger partial charge is 0.394 e. The molecule has 0 aliphatic heterocycles. The molecule has 18 heavy (non-hydrogen) atoms. The van der Waals surface area contributed by atoms with Crippen LogP contribution in [0.5, 0.6) is 0 Å². The number of nitrogens with zero attached hydrogens (tertiary/aromatic N) is 2. The molecule has 0 amide bonds. The zero-order valence-corrected chi connectivity index (χ0v) is 11.0. The first-order valence-electron chi connectivity index (χ1n) is 5.81. The Labute approximate surface area is 111 Å². The van der Waals surface area contributed by atoms with Gasteiger partial charge in [0, 0.05) is 18.3 Å². The van der Waals surface area contributed by atoms with E-state index in [0.29, 0.717) is 13.1 Å². The van der Waals surface area contributed by atoms with Crippen LogP contribution in [0.1, 0.15) is 11.1 Å². The Bertz CT molecular complexity index is 525. The Morgan fingerprint density at radius 2 is 2.28 bits per heavy atom. The topological polar surface area (TPSA) is 50.1 Å². The van der Waals surface area contributed by atoms with E-state index in [1.54, 1.807) is 10.9 Å². The number of nitrogens with one attached hydrogen (secondary N) is 1. The number of benzene rings is 1. The third kappa shape index (κ3) is 3.24. The fourth-order valence-corrected chi connectivity index (χ4v) is 1.99. The number of hydrogen-bond donors (Lipinski definition) is 2. The van der Waals surface area contributed by atoms with E-state index in [2.05, 4.69) is 10.4 Å². The number of halogens is 1. The molecule has 96 valence electrons. The number of aliphatic hydroxyl groups excluding tert-OH is 1. The van der Waals surface area contributed by atoms with E-state index in [-0.39, 0.29) is 6.61 Å². The zero-order chi connectivity index (χ0) is 13.0. The van der Waals surface area contributed by atoms with Crippen LogP contribution in [-0.2, 0) is 13.1 Å². The van der Waals surface area contributed by atoms with Crippen LogP contribution < -0.4 is 5.32 Å². The summed E-state index contributed by atoms with van der Waals surface area (Å²) >= 11 is 6.13. The second kappa shape index (κ2) is 5.89. The lowest BCUT2D eigenvalue weighted by molar-refractivity contribution is 0.269. The van der Waals surface area contributed by atoms with Crippen LogP contribution in [0.15, 0.2) is 30.6 Å². The van der Waals surface area contributed by atoms with Gasteiger partial charge in [0.25, 0.3) is 0 Å². The van der Waals surface area contributed by atoms with Gasteiger partial charge in [-0.3, -0.25) is 4.68 Å². The van der Waals surface area contributed by atoms with Gasteiger partial charge in [0.15, 0.2) is 0 Å². The van der Waals surface area contributed by atoms with Gasteiger partial charge in [-0.05, 0) is 24.6 Å². The first-order valence-corrected chi connectivity index (χ1v) is 6.19. The smallest absolute Gasteiger partial charge is 0.0640 e. The summed E-state index contributed by atoms with van der Waals surface area (Å²) in [6, 6.07) is 5.91. The lowest BCUT2D eigenvalue weighted by atomic mass is 10.2. The Morgan fingerprint density at radius 3 is 3.00 bits per heavy atom. The molecular weight excluding hydrogens is 250 g/mol. The van der Waals surface area contributed by atoms with Gasteiger partial charge in [-0.15, -0.1) is 0 Å². The maximum Gasteiger partial charge on any atom is 0.0640 e. The fourth-order valence-electron chi connectivity index (χ4n) is 1.68. The number of aliphatic hydroxyl groups is 1. The molecule has 0 aliphatic rings. The van der Waals surface area contributed by atoms with E-state index < -0.39 is 0 Å². The molecule has 2 aromatic rings. The normalized spacial score (nSPS) is 10.6. The SMILES string of the molecule is Cc1ccc(NCc2cnn(CCO)c2)c(Cl)c1. The predicted molar refractivity (Wildman–Crippen MR) is 72.8 cm³/mol. The van der Waals surface area contributed by atoms with Crippen LogP contribution in [0.2, 0.25) is 5.02 Å². The van der Waals surface area contributed by atoms with Crippen LogP contribution >= 0.6 is 11.6 Å². The average Bonchev–Trinajstić information content (AvgIpc) is 2.76. The second-order valence-electron chi connectivity index (χ2n) is 4.17. The third-order valence-electron chi connectivity index (χ3n) is 2.62. The van der Waals surface area contributed by atoms with Crippen LogP contribution in [0.3, 0.4) is 0 Å². The van der Waals surface area contributed by atoms with E-state index >= 15 is 0 Å². The number of aromatic nitrogens is 2. The maximum absolute atomic E-state index is 8.81. The summed E-state index contributed by atoms with van der Waals surface area (Å²) in [4.78, 5) is 0. The summed E-state index contributed by atoms with van der Waals surface area (Å²) in [7, 11) is 0. The van der Waals surface area contributed by atoms with Crippen molar-refractivity contribution in [2.24, 2.45) is 0 Å². The first-order chi connectivity index (χ1) is 8.69. The summed E-state index contributed by atoms with van der Waals surface area (Å²) < 4.78 is 1.72. The molecule has 1 aromatic carbocycles. The van der Waals surface area contributed by atoms with Crippen molar-refractivity contribution in [3.63, 3.8) is 0 Å². The number of rotatable bonds is 5. The van der Waals surface area contributed by atoms with Gasteiger partial charge in [-0.1, -0.05) is 17.7 Å². The number of anilines is 1. The monoisotopic (exact) mass is 265 g/mol. The Morgan fingerprint density at radius 1 is 1.44 bits per heavy atom. The van der Waals surface area contributed by atoms with Gasteiger partial charge < -0.3 is 10.4 Å². The van der Waals surface area contributed by atoms with Gasteiger partial charge in [0.05, 0.1) is 30.1 Å². The standard InChI is InChI=1S/C13H16ClN3O/c1-10-2-3-13(12(14)6-10)15-7-11-8-16-17(9-11)4-5-18/h2-3,6,8-9,15,18H,4-5,7H2,1H3. The highest BCUT2D eigenvalue weighted by Crippen LogP contribution is 2.23. The Hall–Kier alpha value is -1.52. The molecule has 0 fully saturated rings. The van der Waals surface area contributed by atoms with Crippen molar-refractivity contribution in [1.29, 1.82) is 0 Å². The molecule has 0 bridgehead atoms. The van der Waals surface area contributed by atoms with Gasteiger partial charge in [0.2, 0.25) is 0 Å². The van der Waals surface area contributed by atoms with Crippen molar-refractivity contribution in [2.45, 2.75) is 20.0 Å². The third-order valence-corrected chi connectivity index (χ3v) is 2.94. The minimum Gasteiger partial charge on any atom is -0.394 e. The maximum atomic E-state index is 8.81. The molecule has 0 atom stereocenters. The minimum absolute atomic E-state index is 0.0956. The second-order valence-corrected chi connectivity index (χ2v) is 4.58. The lowest BCUT2D eigenvalue weighted by Gasteiger charge is -2.07. The van der Waals surface area contributed by atoms with Gasteiger partial charge in [0.1, 0.15) is 0 Å². The molecule has 0 saturated heterocycles. The number of aryl methyl sites for hydroxylation is 1. The molecule has 0 aliphatic carbocycles. The van der Waals surface area contributed by atoms with Gasteiger partial charge >= 0.3 is 0 Å². The van der Waals surface area contributed by atoms with Crippen molar-refractivity contribution in [3.8, 4) is 0 Å². The van der Waals surface area contributed by atoms with E-state index in [1.807, 2.05) is 31.3 Å². The molecule has 0 spiro atoms. The quantitative estimate of drug-likeness (QED) is 0.873. The van der Waals surface area contributed by atoms with Crippen molar-refractivity contribution < 1.29 is 5.11 Å². The summed E-state index contributed by atoms with van der Waals surface area (Å²) in [5, 5.41) is 16.9. The van der Waals surface area contributed by atoms with E-state index in [9.17, 15) is 0 Å². The van der Waals surface area contributed by atoms with E-state index in [4.69, 9.17) is 16.7 Å². The summed E-state index contributed by atoms with van der Waals surface area (Å²) in [5.41, 5.74) is 3.11. The molecule has 5 heteroatoms. The highest BCUT2D eigenvalue weighted by molar-refractivity contribution is 6.33.